The normalized spacial score (nSPS) is 11.2. The van der Waals surface area contributed by atoms with Crippen molar-refractivity contribution in [1.82, 2.24) is 9.55 Å². The van der Waals surface area contributed by atoms with Crippen LogP contribution in [-0.2, 0) is 18.8 Å². The zero-order valence-electron chi connectivity index (χ0n) is 12.1. The smallest absolute Gasteiger partial charge is 0.125 e. The summed E-state index contributed by atoms with van der Waals surface area (Å²) in [6, 6.07) is 8.13. The summed E-state index contributed by atoms with van der Waals surface area (Å²) in [4.78, 5) is 5.99. The van der Waals surface area contributed by atoms with Crippen molar-refractivity contribution in [2.75, 3.05) is 7.11 Å². The second-order valence-electron chi connectivity index (χ2n) is 4.83. The van der Waals surface area contributed by atoms with E-state index in [0.29, 0.717) is 5.88 Å². The predicted octanol–water partition coefficient (Wildman–Crippen LogP) is 4.46. The Morgan fingerprint density at radius 1 is 1.33 bits per heavy atom. The van der Waals surface area contributed by atoms with E-state index in [4.69, 9.17) is 16.3 Å². The van der Waals surface area contributed by atoms with Crippen LogP contribution >= 0.6 is 22.9 Å². The average molecular weight is 321 g/mol. The van der Waals surface area contributed by atoms with Crippen LogP contribution in [0.3, 0.4) is 0 Å². The first-order valence-corrected chi connectivity index (χ1v) is 8.32. The molecular weight excluding hydrogens is 304 g/mol. The van der Waals surface area contributed by atoms with Crippen LogP contribution in [0.25, 0.3) is 11.0 Å². The number of hydrogen-bond acceptors (Lipinski definition) is 3. The van der Waals surface area contributed by atoms with Gasteiger partial charge >= 0.3 is 0 Å². The van der Waals surface area contributed by atoms with E-state index in [9.17, 15) is 0 Å². The van der Waals surface area contributed by atoms with Crippen LogP contribution in [-0.4, -0.2) is 16.7 Å². The van der Waals surface area contributed by atoms with E-state index in [-0.39, 0.29) is 0 Å². The summed E-state index contributed by atoms with van der Waals surface area (Å²) in [5.74, 6) is 2.14. The van der Waals surface area contributed by atoms with Gasteiger partial charge in [0, 0.05) is 10.9 Å². The number of benzene rings is 1. The maximum atomic E-state index is 6.08. The number of aromatic nitrogens is 2. The molecule has 0 saturated heterocycles. The van der Waals surface area contributed by atoms with Crippen LogP contribution in [0.1, 0.15) is 23.2 Å². The summed E-state index contributed by atoms with van der Waals surface area (Å²) < 4.78 is 7.52. The molecule has 0 N–H and O–H groups in total. The van der Waals surface area contributed by atoms with Gasteiger partial charge in [-0.05, 0) is 35.6 Å². The monoisotopic (exact) mass is 320 g/mol. The molecule has 0 aliphatic rings. The third kappa shape index (κ3) is 2.65. The number of methoxy groups -OCH3 is 1. The zero-order chi connectivity index (χ0) is 14.8. The van der Waals surface area contributed by atoms with Gasteiger partial charge in [-0.25, -0.2) is 4.98 Å². The lowest BCUT2D eigenvalue weighted by molar-refractivity contribution is 0.415. The number of hydrogen-bond donors (Lipinski definition) is 0. The zero-order valence-corrected chi connectivity index (χ0v) is 13.7. The molecule has 0 aliphatic heterocycles. The molecule has 0 saturated carbocycles. The lowest BCUT2D eigenvalue weighted by atomic mass is 10.2. The predicted molar refractivity (Wildman–Crippen MR) is 88.6 cm³/mol. The van der Waals surface area contributed by atoms with Crippen molar-refractivity contribution >= 4 is 34.0 Å². The summed E-state index contributed by atoms with van der Waals surface area (Å²) in [5.41, 5.74) is 3.42. The van der Waals surface area contributed by atoms with Crippen LogP contribution in [0.15, 0.2) is 29.6 Å². The van der Waals surface area contributed by atoms with Crippen molar-refractivity contribution in [3.63, 3.8) is 0 Å². The molecule has 0 spiro atoms. The van der Waals surface area contributed by atoms with E-state index < -0.39 is 0 Å². The van der Waals surface area contributed by atoms with Gasteiger partial charge in [0.05, 0.1) is 30.6 Å². The molecule has 3 nitrogen and oxygen atoms in total. The van der Waals surface area contributed by atoms with Crippen molar-refractivity contribution in [3.8, 4) is 5.75 Å². The highest BCUT2D eigenvalue weighted by molar-refractivity contribution is 7.10. The number of alkyl halides is 1. The maximum Gasteiger partial charge on any atom is 0.125 e. The largest absolute Gasteiger partial charge is 0.497 e. The van der Waals surface area contributed by atoms with Crippen molar-refractivity contribution < 1.29 is 4.74 Å². The first-order valence-electron chi connectivity index (χ1n) is 6.91. The number of fused-ring (bicyclic) bond motifs is 1. The molecular formula is C16H17ClN2OS. The number of rotatable bonds is 5. The second-order valence-corrected chi connectivity index (χ2v) is 6.09. The molecule has 5 heteroatoms. The third-order valence-electron chi connectivity index (χ3n) is 3.67. The number of halogens is 1. The fourth-order valence-electron chi connectivity index (χ4n) is 2.52. The molecule has 0 amide bonds. The minimum Gasteiger partial charge on any atom is -0.497 e. The topological polar surface area (TPSA) is 27.1 Å². The van der Waals surface area contributed by atoms with Gasteiger partial charge in [-0.3, -0.25) is 0 Å². The lowest BCUT2D eigenvalue weighted by Crippen LogP contribution is -2.04. The maximum absolute atomic E-state index is 6.08. The van der Waals surface area contributed by atoms with E-state index in [0.717, 1.165) is 35.6 Å². The molecule has 2 heterocycles. The summed E-state index contributed by atoms with van der Waals surface area (Å²) in [6.07, 6.45) is 1.05. The van der Waals surface area contributed by atoms with Gasteiger partial charge in [-0.1, -0.05) is 6.92 Å². The van der Waals surface area contributed by atoms with Crippen LogP contribution in [0.4, 0.5) is 0 Å². The third-order valence-corrected chi connectivity index (χ3v) is 4.86. The molecule has 0 aliphatic carbocycles. The fourth-order valence-corrected chi connectivity index (χ4v) is 3.69. The second kappa shape index (κ2) is 6.08. The Bertz CT molecular complexity index is 763. The Morgan fingerprint density at radius 2 is 2.19 bits per heavy atom. The average Bonchev–Trinajstić information content (AvgIpc) is 3.11. The number of ether oxygens (including phenoxy) is 1. The Balaban J connectivity index is 2.10. The molecule has 21 heavy (non-hydrogen) atoms. The lowest BCUT2D eigenvalue weighted by Gasteiger charge is -2.09. The van der Waals surface area contributed by atoms with E-state index in [1.807, 2.05) is 18.2 Å². The Hall–Kier alpha value is -1.52. The van der Waals surface area contributed by atoms with E-state index in [2.05, 4.69) is 27.9 Å². The minimum atomic E-state index is 0.407. The van der Waals surface area contributed by atoms with Crippen LogP contribution in [0, 0.1) is 0 Å². The van der Waals surface area contributed by atoms with Gasteiger partial charge in [0.2, 0.25) is 0 Å². The van der Waals surface area contributed by atoms with Crippen LogP contribution < -0.4 is 4.74 Å². The Morgan fingerprint density at radius 3 is 2.90 bits per heavy atom. The molecule has 3 rings (SSSR count). The number of aryl methyl sites for hydroxylation is 1. The van der Waals surface area contributed by atoms with Crippen molar-refractivity contribution in [2.45, 2.75) is 25.8 Å². The molecule has 0 bridgehead atoms. The van der Waals surface area contributed by atoms with Crippen LogP contribution in [0.5, 0.6) is 5.75 Å². The molecule has 0 radical (unpaired) electrons. The molecule has 3 aromatic rings. The standard InChI is InChI=1S/C16H17ClN2OS/c1-3-11-6-7-21-15(11)10-19-14-8-12(20-2)4-5-13(14)18-16(19)9-17/h4-8H,3,9-10H2,1-2H3. The summed E-state index contributed by atoms with van der Waals surface area (Å²) >= 11 is 7.87. The van der Waals surface area contributed by atoms with E-state index in [1.165, 1.54) is 10.4 Å². The van der Waals surface area contributed by atoms with Gasteiger partial charge in [0.1, 0.15) is 11.6 Å². The summed E-state index contributed by atoms with van der Waals surface area (Å²) in [5, 5.41) is 2.15. The molecule has 1 aromatic carbocycles. The molecule has 0 fully saturated rings. The SMILES string of the molecule is CCc1ccsc1Cn1c(CCl)nc2ccc(OC)cc21. The summed E-state index contributed by atoms with van der Waals surface area (Å²) in [6.45, 7) is 3.00. The van der Waals surface area contributed by atoms with Crippen molar-refractivity contribution in [3.05, 3.63) is 45.9 Å². The highest BCUT2D eigenvalue weighted by Crippen LogP contribution is 2.26. The highest BCUT2D eigenvalue weighted by atomic mass is 35.5. The molecule has 110 valence electrons. The van der Waals surface area contributed by atoms with Crippen LogP contribution in [0.2, 0.25) is 0 Å². The van der Waals surface area contributed by atoms with Gasteiger partial charge in [-0.2, -0.15) is 0 Å². The Labute approximate surface area is 133 Å². The van der Waals surface area contributed by atoms with E-state index >= 15 is 0 Å². The number of imidazole rings is 1. The van der Waals surface area contributed by atoms with Gasteiger partial charge in [0.25, 0.3) is 0 Å². The van der Waals surface area contributed by atoms with Gasteiger partial charge in [-0.15, -0.1) is 22.9 Å². The van der Waals surface area contributed by atoms with Gasteiger partial charge in [0.15, 0.2) is 0 Å². The molecule has 0 atom stereocenters. The fraction of sp³-hybridized carbons (Fsp3) is 0.312. The number of nitrogens with zero attached hydrogens (tertiary/aromatic N) is 2. The number of thiophene rings is 1. The quantitative estimate of drug-likeness (QED) is 0.649. The van der Waals surface area contributed by atoms with Gasteiger partial charge < -0.3 is 9.30 Å². The van der Waals surface area contributed by atoms with Crippen molar-refractivity contribution in [2.24, 2.45) is 0 Å². The first kappa shape index (κ1) is 14.4. The molecule has 2 aromatic heterocycles. The highest BCUT2D eigenvalue weighted by Gasteiger charge is 2.13. The minimum absolute atomic E-state index is 0.407. The Kier molecular flexibility index (Phi) is 4.17. The first-order chi connectivity index (χ1) is 10.3. The van der Waals surface area contributed by atoms with Crippen molar-refractivity contribution in [1.29, 1.82) is 0 Å². The van der Waals surface area contributed by atoms with E-state index in [1.54, 1.807) is 18.4 Å². The summed E-state index contributed by atoms with van der Waals surface area (Å²) in [7, 11) is 1.68. The molecule has 0 unspecified atom stereocenters.